The molecule has 0 bridgehead atoms. The van der Waals surface area contributed by atoms with Gasteiger partial charge < -0.3 is 11.1 Å². The molecule has 1 amide bonds. The number of anilines is 1. The van der Waals surface area contributed by atoms with Crippen LogP contribution in [-0.2, 0) is 11.8 Å². The van der Waals surface area contributed by atoms with Gasteiger partial charge in [-0.3, -0.25) is 4.79 Å². The van der Waals surface area contributed by atoms with Crippen molar-refractivity contribution in [3.63, 3.8) is 0 Å². The number of hydrogen-bond acceptors (Lipinski definition) is 3. The number of amides is 1. The molecule has 0 atom stereocenters. The van der Waals surface area contributed by atoms with Gasteiger partial charge in [0.1, 0.15) is 0 Å². The van der Waals surface area contributed by atoms with Crippen LogP contribution in [0.5, 0.6) is 0 Å². The number of nitrogens with one attached hydrogen (secondary N) is 1. The van der Waals surface area contributed by atoms with Gasteiger partial charge in [-0.25, -0.2) is 0 Å². The Kier molecular flexibility index (Phi) is 3.17. The fourth-order valence-electron chi connectivity index (χ4n) is 2.49. The second-order valence-corrected chi connectivity index (χ2v) is 6.42. The van der Waals surface area contributed by atoms with Gasteiger partial charge in [0, 0.05) is 11.4 Å². The highest BCUT2D eigenvalue weighted by atomic mass is 32.1. The van der Waals surface area contributed by atoms with E-state index in [1.165, 1.54) is 10.4 Å². The van der Waals surface area contributed by atoms with E-state index < -0.39 is 0 Å². The molecule has 0 spiro atoms. The van der Waals surface area contributed by atoms with Crippen LogP contribution < -0.4 is 11.1 Å². The topological polar surface area (TPSA) is 55.1 Å². The first-order valence-corrected chi connectivity index (χ1v) is 6.99. The lowest BCUT2D eigenvalue weighted by molar-refractivity contribution is 0.0953. The summed E-state index contributed by atoms with van der Waals surface area (Å²) in [5.41, 5.74) is 8.01. The summed E-state index contributed by atoms with van der Waals surface area (Å²) < 4.78 is 0. The first-order valence-electron chi connectivity index (χ1n) is 6.17. The summed E-state index contributed by atoms with van der Waals surface area (Å²) in [6, 6.07) is 0. The van der Waals surface area contributed by atoms with Crippen LogP contribution in [0.15, 0.2) is 0 Å². The number of thiophene rings is 1. The molecule has 0 saturated carbocycles. The molecule has 0 saturated heterocycles. The highest BCUT2D eigenvalue weighted by Gasteiger charge is 2.37. The van der Waals surface area contributed by atoms with Crippen molar-refractivity contribution in [2.24, 2.45) is 0 Å². The third-order valence-corrected chi connectivity index (χ3v) is 4.50. The Balaban J connectivity index is 2.38. The molecule has 1 aliphatic carbocycles. The Morgan fingerprint density at radius 2 is 2.24 bits per heavy atom. The predicted molar refractivity (Wildman–Crippen MR) is 72.7 cm³/mol. The minimum Gasteiger partial charge on any atom is -0.390 e. The van der Waals surface area contributed by atoms with Crippen LogP contribution >= 0.6 is 11.3 Å². The normalized spacial score (nSPS) is 16.9. The van der Waals surface area contributed by atoms with Crippen LogP contribution in [0.2, 0.25) is 0 Å². The summed E-state index contributed by atoms with van der Waals surface area (Å²) in [7, 11) is 0. The largest absolute Gasteiger partial charge is 0.390 e. The van der Waals surface area contributed by atoms with Crippen molar-refractivity contribution in [3.05, 3.63) is 16.0 Å². The van der Waals surface area contributed by atoms with Crippen LogP contribution in [0.3, 0.4) is 0 Å². The molecule has 4 heteroatoms. The lowest BCUT2D eigenvalue weighted by Crippen LogP contribution is -2.27. The van der Waals surface area contributed by atoms with Gasteiger partial charge in [-0.15, -0.1) is 11.3 Å². The second kappa shape index (κ2) is 4.33. The highest BCUT2D eigenvalue weighted by molar-refractivity contribution is 7.16. The Morgan fingerprint density at radius 3 is 2.88 bits per heavy atom. The standard InChI is InChI=1S/C13H20N2OS/c1-4-7-15-12(16)9-10-8(17-11(9)14)5-6-13(10,2)3/h4-7,14H2,1-3H3,(H,15,16). The summed E-state index contributed by atoms with van der Waals surface area (Å²) in [4.78, 5) is 13.4. The molecule has 0 fully saturated rings. The molecule has 2 rings (SSSR count). The van der Waals surface area contributed by atoms with Gasteiger partial charge >= 0.3 is 0 Å². The van der Waals surface area contributed by atoms with E-state index in [0.29, 0.717) is 11.5 Å². The van der Waals surface area contributed by atoms with Gasteiger partial charge in [-0.1, -0.05) is 20.8 Å². The Bertz CT molecular complexity index is 449. The minimum atomic E-state index is -0.00294. The van der Waals surface area contributed by atoms with E-state index in [1.807, 2.05) is 6.92 Å². The average molecular weight is 252 g/mol. The first-order chi connectivity index (χ1) is 7.97. The molecule has 0 unspecified atom stereocenters. The fourth-order valence-corrected chi connectivity index (χ4v) is 3.74. The Morgan fingerprint density at radius 1 is 1.53 bits per heavy atom. The fraction of sp³-hybridized carbons (Fsp3) is 0.615. The summed E-state index contributed by atoms with van der Waals surface area (Å²) in [5.74, 6) is -0.00294. The third kappa shape index (κ3) is 2.06. The molecule has 1 aliphatic rings. The first kappa shape index (κ1) is 12.4. The molecule has 17 heavy (non-hydrogen) atoms. The summed E-state index contributed by atoms with van der Waals surface area (Å²) in [5, 5.41) is 3.61. The van der Waals surface area contributed by atoms with Gasteiger partial charge in [0.25, 0.3) is 5.91 Å². The van der Waals surface area contributed by atoms with E-state index in [2.05, 4.69) is 19.2 Å². The highest BCUT2D eigenvalue weighted by Crippen LogP contribution is 2.47. The van der Waals surface area contributed by atoms with E-state index in [4.69, 9.17) is 5.73 Å². The number of rotatable bonds is 3. The zero-order chi connectivity index (χ0) is 12.6. The molecule has 0 aliphatic heterocycles. The van der Waals surface area contributed by atoms with Gasteiger partial charge in [-0.2, -0.15) is 0 Å². The number of nitrogen functional groups attached to an aromatic ring is 1. The Hall–Kier alpha value is -1.03. The van der Waals surface area contributed by atoms with Gasteiger partial charge in [0.2, 0.25) is 0 Å². The molecule has 94 valence electrons. The lowest BCUT2D eigenvalue weighted by Gasteiger charge is -2.20. The number of aryl methyl sites for hydroxylation is 1. The zero-order valence-corrected chi connectivity index (χ0v) is 11.5. The summed E-state index contributed by atoms with van der Waals surface area (Å²) in [6.07, 6.45) is 3.11. The molecule has 1 heterocycles. The number of fused-ring (bicyclic) bond motifs is 1. The maximum atomic E-state index is 12.1. The molecule has 0 radical (unpaired) electrons. The summed E-state index contributed by atoms with van der Waals surface area (Å²) >= 11 is 1.58. The monoisotopic (exact) mass is 252 g/mol. The van der Waals surface area contributed by atoms with Gasteiger partial charge in [0.15, 0.2) is 0 Å². The van der Waals surface area contributed by atoms with E-state index in [0.717, 1.165) is 24.8 Å². The minimum absolute atomic E-state index is 0.00294. The Labute approximate surface area is 106 Å². The van der Waals surface area contributed by atoms with E-state index in [1.54, 1.807) is 11.3 Å². The second-order valence-electron chi connectivity index (χ2n) is 5.28. The van der Waals surface area contributed by atoms with Crippen molar-refractivity contribution in [2.45, 2.75) is 45.4 Å². The van der Waals surface area contributed by atoms with Crippen LogP contribution in [-0.4, -0.2) is 12.5 Å². The molecular weight excluding hydrogens is 232 g/mol. The number of nitrogens with two attached hydrogens (primary N) is 1. The van der Waals surface area contributed by atoms with Gasteiger partial charge in [-0.05, 0) is 30.2 Å². The van der Waals surface area contributed by atoms with E-state index >= 15 is 0 Å². The lowest BCUT2D eigenvalue weighted by atomic mass is 9.85. The molecular formula is C13H20N2OS. The van der Waals surface area contributed by atoms with Crippen LogP contribution in [0.1, 0.15) is 54.4 Å². The van der Waals surface area contributed by atoms with Crippen molar-refractivity contribution in [1.29, 1.82) is 0 Å². The molecule has 3 nitrogen and oxygen atoms in total. The van der Waals surface area contributed by atoms with E-state index in [-0.39, 0.29) is 11.3 Å². The molecule has 1 aromatic heterocycles. The van der Waals surface area contributed by atoms with Crippen molar-refractivity contribution < 1.29 is 4.79 Å². The SMILES string of the molecule is CCCNC(=O)c1c(N)sc2c1C(C)(C)CC2. The van der Waals surface area contributed by atoms with Gasteiger partial charge in [0.05, 0.1) is 10.6 Å². The number of carbonyl (C=O) groups excluding carboxylic acids is 1. The van der Waals surface area contributed by atoms with Crippen molar-refractivity contribution in [3.8, 4) is 0 Å². The van der Waals surface area contributed by atoms with Crippen molar-refractivity contribution in [1.82, 2.24) is 5.32 Å². The number of carbonyl (C=O) groups is 1. The quantitative estimate of drug-likeness (QED) is 0.869. The molecule has 3 N–H and O–H groups in total. The molecule has 1 aromatic rings. The number of hydrogen-bond donors (Lipinski definition) is 2. The van der Waals surface area contributed by atoms with Crippen LogP contribution in [0.25, 0.3) is 0 Å². The van der Waals surface area contributed by atoms with E-state index in [9.17, 15) is 4.79 Å². The maximum absolute atomic E-state index is 12.1. The molecule has 0 aromatic carbocycles. The zero-order valence-electron chi connectivity index (χ0n) is 10.7. The summed E-state index contributed by atoms with van der Waals surface area (Å²) in [6.45, 7) is 7.15. The van der Waals surface area contributed by atoms with Crippen molar-refractivity contribution in [2.75, 3.05) is 12.3 Å². The predicted octanol–water partition coefficient (Wildman–Crippen LogP) is 2.69. The third-order valence-electron chi connectivity index (χ3n) is 3.42. The maximum Gasteiger partial charge on any atom is 0.254 e. The average Bonchev–Trinajstić information content (AvgIpc) is 2.73. The van der Waals surface area contributed by atoms with Crippen molar-refractivity contribution >= 4 is 22.2 Å². The smallest absolute Gasteiger partial charge is 0.254 e. The van der Waals surface area contributed by atoms with Crippen LogP contribution in [0, 0.1) is 0 Å². The van der Waals surface area contributed by atoms with Crippen LogP contribution in [0.4, 0.5) is 5.00 Å².